The van der Waals surface area contributed by atoms with Crippen LogP contribution in [0, 0.1) is 0 Å². The van der Waals surface area contributed by atoms with Gasteiger partial charge in [-0.15, -0.1) is 11.3 Å². The molecule has 0 bridgehead atoms. The second-order valence-corrected chi connectivity index (χ2v) is 5.78. The van der Waals surface area contributed by atoms with Crippen molar-refractivity contribution in [2.45, 2.75) is 32.7 Å². The van der Waals surface area contributed by atoms with Crippen LogP contribution in [0.4, 0.5) is 5.69 Å². The molecule has 0 amide bonds. The minimum absolute atomic E-state index is 0.271. The average molecular weight is 303 g/mol. The van der Waals surface area contributed by atoms with Crippen molar-refractivity contribution in [3.05, 3.63) is 52.2 Å². The number of nitrogens with one attached hydrogen (secondary N) is 1. The van der Waals surface area contributed by atoms with E-state index in [2.05, 4.69) is 29.8 Å². The van der Waals surface area contributed by atoms with Crippen LogP contribution in [0.25, 0.3) is 0 Å². The third-order valence-electron chi connectivity index (χ3n) is 3.20. The Labute approximate surface area is 130 Å². The maximum Gasteiger partial charge on any atom is 0.338 e. The zero-order valence-electron chi connectivity index (χ0n) is 12.5. The number of hydrogen-bond donors (Lipinski definition) is 1. The summed E-state index contributed by atoms with van der Waals surface area (Å²) >= 11 is 1.77. The van der Waals surface area contributed by atoms with Gasteiger partial charge in [-0.3, -0.25) is 0 Å². The van der Waals surface area contributed by atoms with Crippen LogP contribution in [0.3, 0.4) is 0 Å². The summed E-state index contributed by atoms with van der Waals surface area (Å²) in [5, 5.41) is 5.64. The number of rotatable bonds is 7. The van der Waals surface area contributed by atoms with Gasteiger partial charge in [0.05, 0.1) is 18.2 Å². The van der Waals surface area contributed by atoms with Gasteiger partial charge in [-0.1, -0.05) is 19.4 Å². The van der Waals surface area contributed by atoms with E-state index < -0.39 is 0 Å². The molecule has 1 atom stereocenters. The fourth-order valence-corrected chi connectivity index (χ4v) is 2.99. The first-order chi connectivity index (χ1) is 10.2. The van der Waals surface area contributed by atoms with Gasteiger partial charge in [-0.25, -0.2) is 4.79 Å². The van der Waals surface area contributed by atoms with Crippen molar-refractivity contribution in [2.75, 3.05) is 11.9 Å². The number of ether oxygens (including phenoxy) is 1. The molecular formula is C17H21NO2S. The number of thiophene rings is 1. The minimum atomic E-state index is -0.271. The molecule has 0 aliphatic carbocycles. The number of esters is 1. The number of anilines is 1. The molecule has 4 heteroatoms. The van der Waals surface area contributed by atoms with Gasteiger partial charge < -0.3 is 10.1 Å². The summed E-state index contributed by atoms with van der Waals surface area (Å²) in [5.41, 5.74) is 1.61. The SMILES string of the molecule is CCCC(Nc1ccc(C(=O)OCC)cc1)c1cccs1. The fourth-order valence-electron chi connectivity index (χ4n) is 2.18. The van der Waals surface area contributed by atoms with Crippen LogP contribution in [0.2, 0.25) is 0 Å². The maximum atomic E-state index is 11.6. The maximum absolute atomic E-state index is 11.6. The van der Waals surface area contributed by atoms with Crippen molar-refractivity contribution in [3.63, 3.8) is 0 Å². The molecule has 0 radical (unpaired) electrons. The summed E-state index contributed by atoms with van der Waals surface area (Å²) in [5.74, 6) is -0.271. The third-order valence-corrected chi connectivity index (χ3v) is 4.19. The zero-order chi connectivity index (χ0) is 15.1. The zero-order valence-corrected chi connectivity index (χ0v) is 13.3. The van der Waals surface area contributed by atoms with Gasteiger partial charge >= 0.3 is 5.97 Å². The van der Waals surface area contributed by atoms with E-state index in [4.69, 9.17) is 4.74 Å². The monoisotopic (exact) mass is 303 g/mol. The van der Waals surface area contributed by atoms with Crippen molar-refractivity contribution in [3.8, 4) is 0 Å². The van der Waals surface area contributed by atoms with E-state index in [0.29, 0.717) is 18.2 Å². The lowest BCUT2D eigenvalue weighted by Crippen LogP contribution is -2.09. The second kappa shape index (κ2) is 7.84. The number of carbonyl (C=O) groups is 1. The lowest BCUT2D eigenvalue weighted by molar-refractivity contribution is 0.0526. The van der Waals surface area contributed by atoms with Crippen LogP contribution >= 0.6 is 11.3 Å². The van der Waals surface area contributed by atoms with Crippen molar-refractivity contribution in [2.24, 2.45) is 0 Å². The first kappa shape index (κ1) is 15.6. The van der Waals surface area contributed by atoms with E-state index in [9.17, 15) is 4.79 Å². The average Bonchev–Trinajstić information content (AvgIpc) is 3.02. The molecule has 0 aliphatic rings. The Bertz CT molecular complexity index is 549. The van der Waals surface area contributed by atoms with E-state index in [1.54, 1.807) is 23.5 Å². The molecular weight excluding hydrogens is 282 g/mol. The molecule has 0 aliphatic heterocycles. The van der Waals surface area contributed by atoms with Gasteiger partial charge in [-0.2, -0.15) is 0 Å². The molecule has 1 aromatic carbocycles. The van der Waals surface area contributed by atoms with Gasteiger partial charge in [0.2, 0.25) is 0 Å². The standard InChI is InChI=1S/C17H21NO2S/c1-3-6-15(16-7-5-12-21-16)18-14-10-8-13(9-11-14)17(19)20-4-2/h5,7-12,15,18H,3-4,6H2,1-2H3. The summed E-state index contributed by atoms with van der Waals surface area (Å²) in [6.07, 6.45) is 2.20. The molecule has 0 fully saturated rings. The summed E-state index contributed by atoms with van der Waals surface area (Å²) < 4.78 is 4.99. The van der Waals surface area contributed by atoms with E-state index >= 15 is 0 Å². The molecule has 2 rings (SSSR count). The van der Waals surface area contributed by atoms with E-state index in [-0.39, 0.29) is 5.97 Å². The Morgan fingerprint density at radius 3 is 2.57 bits per heavy atom. The highest BCUT2D eigenvalue weighted by Crippen LogP contribution is 2.27. The molecule has 1 unspecified atom stereocenters. The first-order valence-corrected chi connectivity index (χ1v) is 8.19. The van der Waals surface area contributed by atoms with Crippen LogP contribution < -0.4 is 5.32 Å². The van der Waals surface area contributed by atoms with E-state index in [0.717, 1.165) is 18.5 Å². The molecule has 1 aromatic heterocycles. The van der Waals surface area contributed by atoms with Crippen molar-refractivity contribution >= 4 is 23.0 Å². The number of benzene rings is 1. The van der Waals surface area contributed by atoms with Crippen LogP contribution in [-0.4, -0.2) is 12.6 Å². The van der Waals surface area contributed by atoms with E-state index in [1.807, 2.05) is 19.1 Å². The highest BCUT2D eigenvalue weighted by Gasteiger charge is 2.12. The molecule has 3 nitrogen and oxygen atoms in total. The predicted octanol–water partition coefficient (Wildman–Crippen LogP) is 4.88. The summed E-state index contributed by atoms with van der Waals surface area (Å²) in [7, 11) is 0. The quantitative estimate of drug-likeness (QED) is 0.741. The van der Waals surface area contributed by atoms with Crippen LogP contribution in [0.5, 0.6) is 0 Å². The molecule has 21 heavy (non-hydrogen) atoms. The highest BCUT2D eigenvalue weighted by molar-refractivity contribution is 7.10. The van der Waals surface area contributed by atoms with Gasteiger partial charge in [0.25, 0.3) is 0 Å². The van der Waals surface area contributed by atoms with Crippen molar-refractivity contribution < 1.29 is 9.53 Å². The third kappa shape index (κ3) is 4.33. The Hall–Kier alpha value is -1.81. The molecule has 0 spiro atoms. The number of carbonyl (C=O) groups excluding carboxylic acids is 1. The Morgan fingerprint density at radius 1 is 1.24 bits per heavy atom. The van der Waals surface area contributed by atoms with Crippen LogP contribution in [0.1, 0.15) is 48.0 Å². The topological polar surface area (TPSA) is 38.3 Å². The Kier molecular flexibility index (Phi) is 5.81. The first-order valence-electron chi connectivity index (χ1n) is 7.31. The number of hydrogen-bond acceptors (Lipinski definition) is 4. The normalized spacial score (nSPS) is 11.9. The Balaban J connectivity index is 2.06. The van der Waals surface area contributed by atoms with E-state index in [1.165, 1.54) is 4.88 Å². The minimum Gasteiger partial charge on any atom is -0.462 e. The highest BCUT2D eigenvalue weighted by atomic mass is 32.1. The van der Waals surface area contributed by atoms with Crippen molar-refractivity contribution in [1.29, 1.82) is 0 Å². The molecule has 0 saturated heterocycles. The summed E-state index contributed by atoms with van der Waals surface area (Å²) in [4.78, 5) is 13.0. The van der Waals surface area contributed by atoms with Gasteiger partial charge in [0.1, 0.15) is 0 Å². The Morgan fingerprint density at radius 2 is 2.00 bits per heavy atom. The fraction of sp³-hybridized carbons (Fsp3) is 0.353. The van der Waals surface area contributed by atoms with Crippen LogP contribution in [-0.2, 0) is 4.74 Å². The molecule has 2 aromatic rings. The summed E-state index contributed by atoms with van der Waals surface area (Å²) in [6, 6.07) is 12.0. The molecule has 0 saturated carbocycles. The van der Waals surface area contributed by atoms with Gasteiger partial charge in [0, 0.05) is 10.6 Å². The molecule has 112 valence electrons. The second-order valence-electron chi connectivity index (χ2n) is 4.80. The lowest BCUT2D eigenvalue weighted by atomic mass is 10.1. The largest absolute Gasteiger partial charge is 0.462 e. The predicted molar refractivity (Wildman–Crippen MR) is 88.0 cm³/mol. The lowest BCUT2D eigenvalue weighted by Gasteiger charge is -2.18. The molecule has 1 heterocycles. The smallest absolute Gasteiger partial charge is 0.338 e. The van der Waals surface area contributed by atoms with Crippen molar-refractivity contribution in [1.82, 2.24) is 0 Å². The molecule has 1 N–H and O–H groups in total. The summed E-state index contributed by atoms with van der Waals surface area (Å²) in [6.45, 7) is 4.39. The van der Waals surface area contributed by atoms with Gasteiger partial charge in [-0.05, 0) is 49.1 Å². The van der Waals surface area contributed by atoms with Gasteiger partial charge in [0.15, 0.2) is 0 Å². The van der Waals surface area contributed by atoms with Crippen LogP contribution in [0.15, 0.2) is 41.8 Å².